The lowest BCUT2D eigenvalue weighted by atomic mass is 10.0. The Morgan fingerprint density at radius 2 is 2.00 bits per heavy atom. The van der Waals surface area contributed by atoms with Gasteiger partial charge in [0.1, 0.15) is 12.1 Å². The zero-order valence-electron chi connectivity index (χ0n) is 9.88. The van der Waals surface area contributed by atoms with E-state index in [0.29, 0.717) is 5.75 Å². The summed E-state index contributed by atoms with van der Waals surface area (Å²) in [6, 6.07) is 1.48. The van der Waals surface area contributed by atoms with Crippen LogP contribution in [0, 0.1) is 0 Å². The number of nitrogens with two attached hydrogens (primary N) is 1. The van der Waals surface area contributed by atoms with Gasteiger partial charge in [0, 0.05) is 5.56 Å². The summed E-state index contributed by atoms with van der Waals surface area (Å²) in [6.45, 7) is 0. The van der Waals surface area contributed by atoms with E-state index in [9.17, 15) is 9.90 Å². The van der Waals surface area contributed by atoms with Crippen LogP contribution >= 0.6 is 11.6 Å². The number of aliphatic carboxylic acids is 1. The minimum atomic E-state index is -1.47. The van der Waals surface area contributed by atoms with Crippen molar-refractivity contribution in [3.63, 3.8) is 0 Å². The lowest BCUT2D eigenvalue weighted by Crippen LogP contribution is -2.36. The molecule has 0 amide bonds. The zero-order valence-corrected chi connectivity index (χ0v) is 10.6. The van der Waals surface area contributed by atoms with E-state index in [1.54, 1.807) is 0 Å². The smallest absolute Gasteiger partial charge is 0.323 e. The number of hydrogen-bond acceptors (Lipinski definition) is 5. The lowest BCUT2D eigenvalue weighted by molar-refractivity contribution is -0.141. The first kappa shape index (κ1) is 14.6. The summed E-state index contributed by atoms with van der Waals surface area (Å²) in [5, 5.41) is 18.7. The molecule has 18 heavy (non-hydrogen) atoms. The maximum atomic E-state index is 10.7. The lowest BCUT2D eigenvalue weighted by Gasteiger charge is -2.19. The molecule has 0 aliphatic heterocycles. The van der Waals surface area contributed by atoms with Gasteiger partial charge in [-0.2, -0.15) is 0 Å². The highest BCUT2D eigenvalue weighted by Gasteiger charge is 2.27. The van der Waals surface area contributed by atoms with Gasteiger partial charge in [0.15, 0.2) is 11.5 Å². The van der Waals surface area contributed by atoms with E-state index >= 15 is 0 Å². The average Bonchev–Trinajstić information content (AvgIpc) is 2.36. The number of halogens is 1. The van der Waals surface area contributed by atoms with Crippen molar-refractivity contribution in [3.05, 3.63) is 22.7 Å². The van der Waals surface area contributed by atoms with Crippen molar-refractivity contribution in [3.8, 4) is 11.5 Å². The van der Waals surface area contributed by atoms with Gasteiger partial charge in [-0.1, -0.05) is 17.7 Å². The van der Waals surface area contributed by atoms with E-state index in [-0.39, 0.29) is 16.3 Å². The highest BCUT2D eigenvalue weighted by atomic mass is 35.5. The second-order valence-electron chi connectivity index (χ2n) is 3.51. The largest absolute Gasteiger partial charge is 0.493 e. The van der Waals surface area contributed by atoms with Crippen molar-refractivity contribution in [1.29, 1.82) is 0 Å². The Hall–Kier alpha value is -1.50. The molecule has 100 valence electrons. The molecule has 0 aromatic heterocycles. The van der Waals surface area contributed by atoms with Gasteiger partial charge >= 0.3 is 5.97 Å². The molecule has 7 heteroatoms. The van der Waals surface area contributed by atoms with Crippen LogP contribution in [-0.2, 0) is 4.79 Å². The highest BCUT2D eigenvalue weighted by Crippen LogP contribution is 2.39. The van der Waals surface area contributed by atoms with Crippen molar-refractivity contribution in [2.75, 3.05) is 14.2 Å². The first-order chi connectivity index (χ1) is 8.43. The van der Waals surface area contributed by atoms with Gasteiger partial charge in [0.05, 0.1) is 19.2 Å². The van der Waals surface area contributed by atoms with Crippen molar-refractivity contribution in [2.45, 2.75) is 12.1 Å². The first-order valence-corrected chi connectivity index (χ1v) is 5.38. The fourth-order valence-electron chi connectivity index (χ4n) is 1.46. The number of carboxylic acid groups (broad SMARTS) is 1. The molecule has 0 radical (unpaired) electrons. The summed E-state index contributed by atoms with van der Waals surface area (Å²) in [4.78, 5) is 10.7. The van der Waals surface area contributed by atoms with E-state index in [2.05, 4.69) is 0 Å². The Morgan fingerprint density at radius 1 is 1.39 bits per heavy atom. The molecule has 0 spiro atoms. The molecule has 1 aromatic carbocycles. The third-order valence-corrected chi connectivity index (χ3v) is 2.85. The van der Waals surface area contributed by atoms with Gasteiger partial charge in [0.2, 0.25) is 0 Å². The number of aliphatic hydroxyl groups excluding tert-OH is 1. The van der Waals surface area contributed by atoms with Gasteiger partial charge in [-0.25, -0.2) is 0 Å². The maximum Gasteiger partial charge on any atom is 0.323 e. The molecular weight excluding hydrogens is 262 g/mol. The van der Waals surface area contributed by atoms with Crippen LogP contribution in [0.5, 0.6) is 11.5 Å². The number of carbonyl (C=O) groups is 1. The van der Waals surface area contributed by atoms with E-state index in [1.807, 2.05) is 0 Å². The topological polar surface area (TPSA) is 102 Å². The Morgan fingerprint density at radius 3 is 2.44 bits per heavy atom. The zero-order chi connectivity index (χ0) is 13.9. The Balaban J connectivity index is 3.22. The molecule has 4 N–H and O–H groups in total. The van der Waals surface area contributed by atoms with Crippen LogP contribution in [0.4, 0.5) is 0 Å². The number of aliphatic hydroxyl groups is 1. The van der Waals surface area contributed by atoms with Gasteiger partial charge in [-0.15, -0.1) is 0 Å². The van der Waals surface area contributed by atoms with E-state index in [0.717, 1.165) is 0 Å². The van der Waals surface area contributed by atoms with Gasteiger partial charge in [0.25, 0.3) is 0 Å². The molecule has 1 aromatic rings. The summed E-state index contributed by atoms with van der Waals surface area (Å²) in [5.74, 6) is -0.732. The Labute approximate surface area is 109 Å². The molecular formula is C11H14ClNO5. The third kappa shape index (κ3) is 2.66. The normalized spacial score (nSPS) is 13.8. The highest BCUT2D eigenvalue weighted by molar-refractivity contribution is 6.33. The van der Waals surface area contributed by atoms with E-state index in [4.69, 9.17) is 31.9 Å². The SMILES string of the molecule is COc1ccc(C(O)C(N)C(=O)O)c(Cl)c1OC. The summed E-state index contributed by atoms with van der Waals surface area (Å²) >= 11 is 6.02. The van der Waals surface area contributed by atoms with Crippen LogP contribution in [-0.4, -0.2) is 36.4 Å². The molecule has 2 atom stereocenters. The number of benzene rings is 1. The second-order valence-corrected chi connectivity index (χ2v) is 3.89. The summed E-state index contributed by atoms with van der Waals surface area (Å²) in [7, 11) is 2.82. The van der Waals surface area contributed by atoms with E-state index < -0.39 is 18.1 Å². The average molecular weight is 276 g/mol. The summed E-state index contributed by atoms with van der Waals surface area (Å²) < 4.78 is 10.1. The van der Waals surface area contributed by atoms with Crippen molar-refractivity contribution in [1.82, 2.24) is 0 Å². The van der Waals surface area contributed by atoms with Crippen LogP contribution in [0.15, 0.2) is 12.1 Å². The van der Waals surface area contributed by atoms with Crippen LogP contribution in [0.1, 0.15) is 11.7 Å². The molecule has 0 saturated carbocycles. The van der Waals surface area contributed by atoms with Crippen LogP contribution in [0.25, 0.3) is 0 Å². The van der Waals surface area contributed by atoms with Crippen LogP contribution in [0.3, 0.4) is 0 Å². The molecule has 6 nitrogen and oxygen atoms in total. The number of carboxylic acids is 1. The predicted octanol–water partition coefficient (Wildman–Crippen LogP) is 0.802. The molecule has 0 heterocycles. The number of hydrogen-bond donors (Lipinski definition) is 3. The standard InChI is InChI=1S/C11H14ClNO5/c1-17-6-4-3-5(7(12)10(6)18-2)9(14)8(13)11(15)16/h3-4,8-9,14H,13H2,1-2H3,(H,15,16). The minimum Gasteiger partial charge on any atom is -0.493 e. The Kier molecular flexibility index (Phi) is 4.77. The molecule has 0 bridgehead atoms. The van der Waals surface area contributed by atoms with Crippen molar-refractivity contribution >= 4 is 17.6 Å². The van der Waals surface area contributed by atoms with Gasteiger partial charge < -0.3 is 25.4 Å². The molecule has 1 rings (SSSR count). The fraction of sp³-hybridized carbons (Fsp3) is 0.364. The molecule has 0 aliphatic carbocycles. The third-order valence-electron chi connectivity index (χ3n) is 2.46. The quantitative estimate of drug-likeness (QED) is 0.735. The summed E-state index contributed by atoms with van der Waals surface area (Å²) in [5.41, 5.74) is 5.51. The van der Waals surface area contributed by atoms with Crippen LogP contribution in [0.2, 0.25) is 5.02 Å². The van der Waals surface area contributed by atoms with Gasteiger partial charge in [-0.05, 0) is 6.07 Å². The number of rotatable bonds is 5. The summed E-state index contributed by atoms with van der Waals surface area (Å²) in [6.07, 6.45) is -1.44. The molecule has 0 saturated heterocycles. The molecule has 0 aliphatic rings. The van der Waals surface area contributed by atoms with E-state index in [1.165, 1.54) is 26.4 Å². The van der Waals surface area contributed by atoms with Crippen LogP contribution < -0.4 is 15.2 Å². The molecule has 2 unspecified atom stereocenters. The monoisotopic (exact) mass is 275 g/mol. The fourth-order valence-corrected chi connectivity index (χ4v) is 1.81. The first-order valence-electron chi connectivity index (χ1n) is 5.00. The van der Waals surface area contributed by atoms with Gasteiger partial charge in [-0.3, -0.25) is 4.79 Å². The second kappa shape index (κ2) is 5.90. The predicted molar refractivity (Wildman–Crippen MR) is 65.1 cm³/mol. The molecule has 0 fully saturated rings. The maximum absolute atomic E-state index is 10.7. The Bertz CT molecular complexity index is 451. The van der Waals surface area contributed by atoms with Crippen molar-refractivity contribution in [2.24, 2.45) is 5.73 Å². The minimum absolute atomic E-state index is 0.0704. The number of methoxy groups -OCH3 is 2. The number of ether oxygens (including phenoxy) is 2. The van der Waals surface area contributed by atoms with Crippen molar-refractivity contribution < 1.29 is 24.5 Å².